The van der Waals surface area contributed by atoms with Crippen LogP contribution in [0.25, 0.3) is 10.9 Å². The fraction of sp³-hybridized carbons (Fsp3) is 0.375. The normalized spacial score (nSPS) is 25.6. The Morgan fingerprint density at radius 1 is 1.15 bits per heavy atom. The average molecular weight is 525 g/mol. The molecule has 0 radical (unpaired) electrons. The minimum atomic E-state index is -1.33. The largest absolute Gasteiger partial charge is 0.381 e. The fourth-order valence-electron chi connectivity index (χ4n) is 6.53. The Labute approximate surface area is 229 Å². The Balaban J connectivity index is 1.36. The van der Waals surface area contributed by atoms with Crippen LogP contribution in [0.15, 0.2) is 66.8 Å². The number of carbonyl (C=O) groups excluding carboxylic acids is 2. The van der Waals surface area contributed by atoms with Crippen LogP contribution in [0.2, 0.25) is 0 Å². The summed E-state index contributed by atoms with van der Waals surface area (Å²) in [6, 6.07) is 12.4. The van der Waals surface area contributed by atoms with E-state index >= 15 is 0 Å². The second kappa shape index (κ2) is 8.85. The number of nitrogens with one attached hydrogen (secondary N) is 3. The number of piperazine rings is 1. The van der Waals surface area contributed by atoms with Crippen molar-refractivity contribution in [2.24, 2.45) is 0 Å². The summed E-state index contributed by atoms with van der Waals surface area (Å²) in [4.78, 5) is 32.6. The number of anilines is 1. The number of allylic oxidation sites excluding steroid dienone is 3. The minimum Gasteiger partial charge on any atom is -0.381 e. The second-order valence-electron chi connectivity index (χ2n) is 12.0. The first-order valence-electron chi connectivity index (χ1n) is 13.7. The molecule has 4 N–H and O–H groups in total. The highest BCUT2D eigenvalue weighted by Gasteiger charge is 2.62. The van der Waals surface area contributed by atoms with Crippen molar-refractivity contribution in [3.63, 3.8) is 0 Å². The predicted octanol–water partition coefficient (Wildman–Crippen LogP) is 4.42. The number of hydrogen-bond acceptors (Lipinski definition) is 4. The molecule has 2 fully saturated rings. The Kier molecular flexibility index (Phi) is 5.77. The zero-order chi connectivity index (χ0) is 27.7. The van der Waals surface area contributed by atoms with Crippen LogP contribution >= 0.6 is 0 Å². The number of aromatic amines is 1. The van der Waals surface area contributed by atoms with Crippen molar-refractivity contribution in [2.75, 3.05) is 5.32 Å². The third-order valence-electron chi connectivity index (χ3n) is 8.75. The number of benzene rings is 2. The Hall–Kier alpha value is -3.84. The lowest BCUT2D eigenvalue weighted by molar-refractivity contribution is -0.149. The van der Waals surface area contributed by atoms with Gasteiger partial charge in [-0.1, -0.05) is 68.0 Å². The highest BCUT2D eigenvalue weighted by atomic mass is 16.3. The summed E-state index contributed by atoms with van der Waals surface area (Å²) in [6.45, 7) is 12.3. The lowest BCUT2D eigenvalue weighted by atomic mass is 9.84. The van der Waals surface area contributed by atoms with E-state index in [2.05, 4.69) is 56.0 Å². The minimum absolute atomic E-state index is 0.163. The molecule has 1 aromatic heterocycles. The van der Waals surface area contributed by atoms with Crippen molar-refractivity contribution in [2.45, 2.75) is 76.2 Å². The molecule has 4 heterocycles. The van der Waals surface area contributed by atoms with Crippen molar-refractivity contribution in [3.8, 4) is 0 Å². The monoisotopic (exact) mass is 524 g/mol. The molecule has 0 saturated carbocycles. The predicted molar refractivity (Wildman–Crippen MR) is 153 cm³/mol. The molecule has 7 heteroatoms. The van der Waals surface area contributed by atoms with E-state index in [-0.39, 0.29) is 23.7 Å². The van der Waals surface area contributed by atoms with E-state index in [0.717, 1.165) is 45.4 Å². The van der Waals surface area contributed by atoms with Gasteiger partial charge in [0.15, 0.2) is 0 Å². The maximum absolute atomic E-state index is 14.1. The average Bonchev–Trinajstić information content (AvgIpc) is 3.52. The van der Waals surface area contributed by atoms with Crippen LogP contribution in [0.1, 0.15) is 56.5 Å². The number of H-pyrrole nitrogens is 1. The molecule has 0 unspecified atom stereocenters. The molecule has 2 amide bonds. The van der Waals surface area contributed by atoms with E-state index in [1.54, 1.807) is 4.90 Å². The molecule has 2 saturated heterocycles. The topological polar surface area (TPSA) is 97.5 Å². The Morgan fingerprint density at radius 3 is 2.67 bits per heavy atom. The highest BCUT2D eigenvalue weighted by molar-refractivity contribution is 5.99. The summed E-state index contributed by atoms with van der Waals surface area (Å²) >= 11 is 0. The molecule has 0 spiro atoms. The first-order chi connectivity index (χ1) is 18.5. The number of fused-ring (bicyclic) bond motifs is 6. The molecule has 0 aliphatic carbocycles. The van der Waals surface area contributed by atoms with E-state index < -0.39 is 23.9 Å². The van der Waals surface area contributed by atoms with Crippen molar-refractivity contribution in [3.05, 3.63) is 89.2 Å². The maximum atomic E-state index is 14.1. The molecule has 6 rings (SSSR count). The van der Waals surface area contributed by atoms with Gasteiger partial charge in [-0.3, -0.25) is 9.59 Å². The number of rotatable bonds is 6. The van der Waals surface area contributed by atoms with Crippen LogP contribution in [0, 0.1) is 0 Å². The lowest BCUT2D eigenvalue weighted by Crippen LogP contribution is -2.64. The quantitative estimate of drug-likeness (QED) is 0.359. The molecule has 2 aromatic carbocycles. The fourth-order valence-corrected chi connectivity index (χ4v) is 6.53. The number of aliphatic hydroxyl groups is 1. The summed E-state index contributed by atoms with van der Waals surface area (Å²) in [6.07, 6.45) is 4.58. The van der Waals surface area contributed by atoms with E-state index in [1.165, 1.54) is 5.57 Å². The van der Waals surface area contributed by atoms with Gasteiger partial charge in [0.1, 0.15) is 23.9 Å². The SMILES string of the molecule is C=CC(C)(C)c1[nH]c2ccccc2c1C[C@@H]1NC(=O)[C@@H]2C[C@]3(O)c4cccc(CC=C(C)C)c4N[C@@H]3N2C1=O. The van der Waals surface area contributed by atoms with E-state index in [0.29, 0.717) is 6.42 Å². The number of amides is 2. The summed E-state index contributed by atoms with van der Waals surface area (Å²) < 4.78 is 0. The van der Waals surface area contributed by atoms with Crippen LogP contribution in [0.5, 0.6) is 0 Å². The summed E-state index contributed by atoms with van der Waals surface area (Å²) in [5.74, 6) is -0.407. The van der Waals surface area contributed by atoms with Gasteiger partial charge in [0.25, 0.3) is 0 Å². The van der Waals surface area contributed by atoms with Crippen LogP contribution in [-0.4, -0.2) is 45.1 Å². The van der Waals surface area contributed by atoms with Gasteiger partial charge in [0.2, 0.25) is 11.8 Å². The molecule has 0 bridgehead atoms. The number of carbonyl (C=O) groups is 2. The first kappa shape index (κ1) is 25.4. The zero-order valence-electron chi connectivity index (χ0n) is 23.0. The van der Waals surface area contributed by atoms with E-state index in [1.807, 2.05) is 48.5 Å². The molecular weight excluding hydrogens is 488 g/mol. The first-order valence-corrected chi connectivity index (χ1v) is 13.7. The van der Waals surface area contributed by atoms with Gasteiger partial charge in [-0.05, 0) is 37.5 Å². The van der Waals surface area contributed by atoms with Crippen molar-refractivity contribution in [1.82, 2.24) is 15.2 Å². The third-order valence-corrected chi connectivity index (χ3v) is 8.75. The van der Waals surface area contributed by atoms with E-state index in [4.69, 9.17) is 0 Å². The standard InChI is InChI=1S/C32H36N4O3/c1-6-31(4,5)27-21(20-11-7-8-13-23(20)33-27)16-24-29(38)36-25(28(37)34-24)17-32(39)22-12-9-10-19(15-14-18(2)3)26(22)35-30(32)36/h6-14,24-25,30,33,35,39H,1,15-17H2,2-5H3,(H,34,37)/t24-,25-,30+,32-/m0/s1. The number of para-hydroxylation sites is 2. The summed E-state index contributed by atoms with van der Waals surface area (Å²) in [7, 11) is 0. The second-order valence-corrected chi connectivity index (χ2v) is 12.0. The van der Waals surface area contributed by atoms with Crippen molar-refractivity contribution < 1.29 is 14.7 Å². The lowest BCUT2D eigenvalue weighted by Gasteiger charge is -2.38. The number of hydrogen-bond donors (Lipinski definition) is 4. The van der Waals surface area contributed by atoms with Gasteiger partial charge in [0, 0.05) is 46.1 Å². The number of aromatic nitrogens is 1. The van der Waals surface area contributed by atoms with Gasteiger partial charge in [-0.25, -0.2) is 0 Å². The molecule has 202 valence electrons. The molecule has 3 aliphatic rings. The Morgan fingerprint density at radius 2 is 1.92 bits per heavy atom. The molecule has 39 heavy (non-hydrogen) atoms. The molecular formula is C32H36N4O3. The molecule has 7 nitrogen and oxygen atoms in total. The van der Waals surface area contributed by atoms with Crippen LogP contribution in [0.3, 0.4) is 0 Å². The Bertz CT molecular complexity index is 1550. The molecule has 3 aliphatic heterocycles. The van der Waals surface area contributed by atoms with E-state index in [9.17, 15) is 14.7 Å². The summed E-state index contributed by atoms with van der Waals surface area (Å²) in [5.41, 5.74) is 5.17. The van der Waals surface area contributed by atoms with Gasteiger partial charge in [0.05, 0.1) is 0 Å². The third kappa shape index (κ3) is 3.82. The maximum Gasteiger partial charge on any atom is 0.247 e. The van der Waals surface area contributed by atoms with Gasteiger partial charge >= 0.3 is 0 Å². The van der Waals surface area contributed by atoms with Crippen molar-refractivity contribution in [1.29, 1.82) is 0 Å². The zero-order valence-corrected chi connectivity index (χ0v) is 23.0. The van der Waals surface area contributed by atoms with Crippen LogP contribution < -0.4 is 10.6 Å². The van der Waals surface area contributed by atoms with Crippen molar-refractivity contribution >= 4 is 28.4 Å². The smallest absolute Gasteiger partial charge is 0.247 e. The molecule has 4 atom stereocenters. The highest BCUT2D eigenvalue weighted by Crippen LogP contribution is 2.51. The summed E-state index contributed by atoms with van der Waals surface area (Å²) in [5, 5.41) is 19.4. The van der Waals surface area contributed by atoms with Crippen LogP contribution in [0.4, 0.5) is 5.69 Å². The van der Waals surface area contributed by atoms with Gasteiger partial charge in [-0.2, -0.15) is 0 Å². The molecule has 3 aromatic rings. The number of nitrogens with zero attached hydrogens (tertiary/aromatic N) is 1. The van der Waals surface area contributed by atoms with Crippen LogP contribution in [-0.2, 0) is 33.4 Å². The van der Waals surface area contributed by atoms with Gasteiger partial charge in [-0.15, -0.1) is 6.58 Å². The van der Waals surface area contributed by atoms with Gasteiger partial charge < -0.3 is 25.6 Å².